The Morgan fingerprint density at radius 3 is 2.90 bits per heavy atom. The Bertz CT molecular complexity index is 842. The van der Waals surface area contributed by atoms with Crippen LogP contribution in [0.1, 0.15) is 10.4 Å². The van der Waals surface area contributed by atoms with E-state index >= 15 is 0 Å². The summed E-state index contributed by atoms with van der Waals surface area (Å²) in [5.41, 5.74) is 7.69. The summed E-state index contributed by atoms with van der Waals surface area (Å²) in [6, 6.07) is 5.13. The van der Waals surface area contributed by atoms with Crippen molar-refractivity contribution in [2.24, 2.45) is 0 Å². The molecule has 0 fully saturated rings. The van der Waals surface area contributed by atoms with Crippen LogP contribution in [0.4, 0.5) is 11.8 Å². The number of rotatable bonds is 3. The van der Waals surface area contributed by atoms with Crippen LogP contribution in [0.2, 0.25) is 0 Å². The van der Waals surface area contributed by atoms with Gasteiger partial charge in [-0.3, -0.25) is 0 Å². The second-order valence-corrected chi connectivity index (χ2v) is 4.36. The second-order valence-electron chi connectivity index (χ2n) is 4.36. The van der Waals surface area contributed by atoms with Crippen molar-refractivity contribution >= 4 is 23.4 Å². The first-order valence-corrected chi connectivity index (χ1v) is 6.12. The number of nitrogen functional groups attached to an aromatic ring is 1. The zero-order chi connectivity index (χ0) is 15.0. The molecule has 4 N–H and O–H groups in total. The lowest BCUT2D eigenvalue weighted by atomic mass is 10.1. The summed E-state index contributed by atoms with van der Waals surface area (Å²) in [7, 11) is 1.62. The van der Waals surface area contributed by atoms with E-state index in [-0.39, 0.29) is 11.5 Å². The van der Waals surface area contributed by atoms with Crippen molar-refractivity contribution in [3.63, 3.8) is 0 Å². The molecule has 3 aromatic rings. The Hall–Kier alpha value is -3.16. The number of aromatic carboxylic acids is 1. The van der Waals surface area contributed by atoms with Crippen molar-refractivity contribution in [3.8, 4) is 11.1 Å². The van der Waals surface area contributed by atoms with E-state index in [1.54, 1.807) is 42.2 Å². The van der Waals surface area contributed by atoms with Gasteiger partial charge in [0.2, 0.25) is 5.95 Å². The van der Waals surface area contributed by atoms with E-state index in [0.717, 1.165) is 5.56 Å². The van der Waals surface area contributed by atoms with Crippen LogP contribution in [-0.4, -0.2) is 37.7 Å². The third-order valence-corrected chi connectivity index (χ3v) is 3.04. The number of carbonyl (C=O) groups is 1. The predicted octanol–water partition coefficient (Wildman–Crippen LogP) is 1.11. The molecule has 0 atom stereocenters. The molecule has 0 unspecified atom stereocenters. The van der Waals surface area contributed by atoms with E-state index in [4.69, 9.17) is 5.73 Å². The van der Waals surface area contributed by atoms with Crippen LogP contribution in [0, 0.1) is 0 Å². The third-order valence-electron chi connectivity index (χ3n) is 3.04. The molecule has 0 saturated heterocycles. The van der Waals surface area contributed by atoms with Crippen LogP contribution < -0.4 is 11.1 Å². The number of carboxylic acids is 1. The fourth-order valence-electron chi connectivity index (χ4n) is 2.06. The molecule has 3 heterocycles. The zero-order valence-electron chi connectivity index (χ0n) is 11.1. The van der Waals surface area contributed by atoms with Gasteiger partial charge in [0.15, 0.2) is 5.65 Å². The Morgan fingerprint density at radius 2 is 2.19 bits per heavy atom. The molecule has 0 aliphatic rings. The number of carboxylic acid groups (broad SMARTS) is 1. The normalized spacial score (nSPS) is 10.7. The molecule has 21 heavy (non-hydrogen) atoms. The number of hydrogen-bond acceptors (Lipinski definition) is 6. The van der Waals surface area contributed by atoms with Crippen molar-refractivity contribution in [1.82, 2.24) is 19.6 Å². The lowest BCUT2D eigenvalue weighted by Gasteiger charge is -2.07. The highest BCUT2D eigenvalue weighted by Crippen LogP contribution is 2.24. The largest absolute Gasteiger partial charge is 0.478 e. The Kier molecular flexibility index (Phi) is 2.90. The summed E-state index contributed by atoms with van der Waals surface area (Å²) >= 11 is 0. The molecular formula is C13H12N6O2. The van der Waals surface area contributed by atoms with Crippen LogP contribution >= 0.6 is 0 Å². The standard InChI is InChI=1S/C13H12N6O2/c1-15-11-9(12(20)21)4-8(6-16-11)7-2-3-19-10(5-7)17-13(14)18-19/h2-6H,1H3,(H2,14,18)(H,15,16)(H,20,21). The summed E-state index contributed by atoms with van der Waals surface area (Å²) in [5.74, 6) is -0.539. The van der Waals surface area contributed by atoms with Gasteiger partial charge in [-0.05, 0) is 23.8 Å². The van der Waals surface area contributed by atoms with E-state index in [0.29, 0.717) is 17.0 Å². The Labute approximate surface area is 119 Å². The average molecular weight is 284 g/mol. The first-order chi connectivity index (χ1) is 10.1. The smallest absolute Gasteiger partial charge is 0.339 e. The van der Waals surface area contributed by atoms with Crippen molar-refractivity contribution < 1.29 is 9.90 Å². The predicted molar refractivity (Wildman–Crippen MR) is 77.1 cm³/mol. The SMILES string of the molecule is CNc1ncc(-c2ccn3nc(N)nc3c2)cc1C(=O)O. The molecule has 8 nitrogen and oxygen atoms in total. The minimum absolute atomic E-state index is 0.107. The van der Waals surface area contributed by atoms with E-state index in [2.05, 4.69) is 20.4 Å². The minimum atomic E-state index is -1.04. The molecule has 8 heteroatoms. The number of hydrogen-bond donors (Lipinski definition) is 3. The molecule has 3 rings (SSSR count). The third kappa shape index (κ3) is 2.22. The van der Waals surface area contributed by atoms with Gasteiger partial charge in [-0.25, -0.2) is 14.3 Å². The van der Waals surface area contributed by atoms with E-state index in [1.807, 2.05) is 0 Å². The number of nitrogens with two attached hydrogens (primary N) is 1. The first-order valence-electron chi connectivity index (χ1n) is 6.12. The van der Waals surface area contributed by atoms with Crippen molar-refractivity contribution in [2.75, 3.05) is 18.1 Å². The molecule has 0 aliphatic heterocycles. The number of anilines is 2. The molecular weight excluding hydrogens is 272 g/mol. The van der Waals surface area contributed by atoms with Gasteiger partial charge >= 0.3 is 5.97 Å². The lowest BCUT2D eigenvalue weighted by Crippen LogP contribution is -2.05. The molecule has 0 radical (unpaired) electrons. The number of fused-ring (bicyclic) bond motifs is 1. The molecule has 106 valence electrons. The van der Waals surface area contributed by atoms with Crippen molar-refractivity contribution in [3.05, 3.63) is 36.2 Å². The highest BCUT2D eigenvalue weighted by atomic mass is 16.4. The van der Waals surface area contributed by atoms with Crippen LogP contribution in [0.5, 0.6) is 0 Å². The maximum Gasteiger partial charge on any atom is 0.339 e. The molecule has 3 aromatic heterocycles. The van der Waals surface area contributed by atoms with E-state index in [9.17, 15) is 9.90 Å². The molecule has 0 bridgehead atoms. The second kappa shape index (κ2) is 4.75. The minimum Gasteiger partial charge on any atom is -0.478 e. The number of pyridine rings is 2. The summed E-state index contributed by atoms with van der Waals surface area (Å²) in [5, 5.41) is 16.0. The highest BCUT2D eigenvalue weighted by molar-refractivity contribution is 5.94. The van der Waals surface area contributed by atoms with Gasteiger partial charge in [-0.15, -0.1) is 5.10 Å². The summed E-state index contributed by atoms with van der Waals surface area (Å²) in [6.45, 7) is 0. The van der Waals surface area contributed by atoms with Gasteiger partial charge in [-0.1, -0.05) is 0 Å². The molecule has 0 saturated carbocycles. The maximum atomic E-state index is 11.3. The number of nitrogens with one attached hydrogen (secondary N) is 1. The summed E-state index contributed by atoms with van der Waals surface area (Å²) in [4.78, 5) is 19.4. The van der Waals surface area contributed by atoms with Crippen LogP contribution in [0.3, 0.4) is 0 Å². The maximum absolute atomic E-state index is 11.3. The fraction of sp³-hybridized carbons (Fsp3) is 0.0769. The molecule has 0 aromatic carbocycles. The van der Waals surface area contributed by atoms with Gasteiger partial charge in [0, 0.05) is 25.0 Å². The fourth-order valence-corrected chi connectivity index (χ4v) is 2.06. The zero-order valence-corrected chi connectivity index (χ0v) is 11.1. The van der Waals surface area contributed by atoms with Crippen LogP contribution in [-0.2, 0) is 0 Å². The quantitative estimate of drug-likeness (QED) is 0.659. The molecule has 0 amide bonds. The Balaban J connectivity index is 2.13. The first kappa shape index (κ1) is 12.9. The lowest BCUT2D eigenvalue weighted by molar-refractivity contribution is 0.0697. The number of nitrogens with zero attached hydrogens (tertiary/aromatic N) is 4. The highest BCUT2D eigenvalue weighted by Gasteiger charge is 2.13. The van der Waals surface area contributed by atoms with Gasteiger partial charge in [-0.2, -0.15) is 4.98 Å². The van der Waals surface area contributed by atoms with Crippen LogP contribution in [0.15, 0.2) is 30.6 Å². The van der Waals surface area contributed by atoms with Crippen LogP contribution in [0.25, 0.3) is 16.8 Å². The van der Waals surface area contributed by atoms with Gasteiger partial charge < -0.3 is 16.2 Å². The van der Waals surface area contributed by atoms with Crippen molar-refractivity contribution in [2.45, 2.75) is 0 Å². The van der Waals surface area contributed by atoms with Crippen molar-refractivity contribution in [1.29, 1.82) is 0 Å². The van der Waals surface area contributed by atoms with E-state index in [1.165, 1.54) is 0 Å². The Morgan fingerprint density at radius 1 is 1.38 bits per heavy atom. The van der Waals surface area contributed by atoms with Gasteiger partial charge in [0.25, 0.3) is 0 Å². The molecule has 0 aliphatic carbocycles. The monoisotopic (exact) mass is 284 g/mol. The van der Waals surface area contributed by atoms with E-state index < -0.39 is 5.97 Å². The number of aromatic nitrogens is 4. The molecule has 0 spiro atoms. The summed E-state index contributed by atoms with van der Waals surface area (Å²) in [6.07, 6.45) is 3.31. The summed E-state index contributed by atoms with van der Waals surface area (Å²) < 4.78 is 1.55. The van der Waals surface area contributed by atoms with Gasteiger partial charge in [0.05, 0.1) is 0 Å². The average Bonchev–Trinajstić information content (AvgIpc) is 2.85. The van der Waals surface area contributed by atoms with Gasteiger partial charge in [0.1, 0.15) is 11.4 Å². The topological polar surface area (TPSA) is 118 Å².